The van der Waals surface area contributed by atoms with Gasteiger partial charge >= 0.3 is 13.5 Å². The Morgan fingerprint density at radius 2 is 1.77 bits per heavy atom. The Bertz CT molecular complexity index is 1620. The standard InChI is InChI=1S/C28H34N9O5P/c1-4-41-27(39)18(2)36-43(40,42-22-8-6-5-7-9-22)15-14-31-26(38)19-10-12-21(13-11-19)37(3)17-20-16-32-25-23(33-20)24(29)34-28(30)35-25/h5-13,16,18H,4,14-15,17H2,1-3H3,(H,31,38)(H,36,40)(H4,29,30,32,34,35). The average molecular weight is 608 g/mol. The molecule has 4 aromatic rings. The Hall–Kier alpha value is -4.81. The van der Waals surface area contributed by atoms with Crippen LogP contribution in [0.1, 0.15) is 29.9 Å². The maximum absolute atomic E-state index is 13.7. The molecule has 43 heavy (non-hydrogen) atoms. The van der Waals surface area contributed by atoms with E-state index in [1.165, 1.54) is 0 Å². The van der Waals surface area contributed by atoms with Crippen LogP contribution in [0.4, 0.5) is 17.5 Å². The van der Waals surface area contributed by atoms with E-state index >= 15 is 0 Å². The summed E-state index contributed by atoms with van der Waals surface area (Å²) in [4.78, 5) is 43.7. The zero-order chi connectivity index (χ0) is 31.0. The van der Waals surface area contributed by atoms with Gasteiger partial charge in [-0.1, -0.05) is 18.2 Å². The number of anilines is 3. The molecular formula is C28H34N9O5P. The first-order valence-electron chi connectivity index (χ1n) is 13.5. The van der Waals surface area contributed by atoms with Gasteiger partial charge in [0.1, 0.15) is 11.8 Å². The lowest BCUT2D eigenvalue weighted by molar-refractivity contribution is -0.144. The van der Waals surface area contributed by atoms with Crippen LogP contribution in [0.3, 0.4) is 0 Å². The van der Waals surface area contributed by atoms with E-state index in [0.29, 0.717) is 34.7 Å². The van der Waals surface area contributed by atoms with Gasteiger partial charge in [-0.05, 0) is 50.2 Å². The van der Waals surface area contributed by atoms with Crippen LogP contribution in [0.5, 0.6) is 5.75 Å². The highest BCUT2D eigenvalue weighted by Gasteiger charge is 2.30. The second kappa shape index (κ2) is 13.9. The lowest BCUT2D eigenvalue weighted by Crippen LogP contribution is -2.37. The van der Waals surface area contributed by atoms with Crippen LogP contribution in [0.2, 0.25) is 0 Å². The van der Waals surface area contributed by atoms with E-state index in [2.05, 4.69) is 30.3 Å². The molecule has 226 valence electrons. The molecule has 0 aliphatic carbocycles. The third-order valence-corrected chi connectivity index (χ3v) is 8.29. The Morgan fingerprint density at radius 1 is 1.05 bits per heavy atom. The number of fused-ring (bicyclic) bond motifs is 1. The average Bonchev–Trinajstić information content (AvgIpc) is 2.98. The van der Waals surface area contributed by atoms with Gasteiger partial charge in [-0.2, -0.15) is 9.97 Å². The molecule has 2 unspecified atom stereocenters. The van der Waals surface area contributed by atoms with E-state index in [1.54, 1.807) is 74.6 Å². The summed E-state index contributed by atoms with van der Waals surface area (Å²) in [6, 6.07) is 14.7. The maximum atomic E-state index is 13.7. The molecule has 0 radical (unpaired) electrons. The molecule has 0 saturated heterocycles. The molecule has 0 saturated carbocycles. The number of aromatic nitrogens is 4. The van der Waals surface area contributed by atoms with Crippen LogP contribution in [0, 0.1) is 0 Å². The number of nitrogens with two attached hydrogens (primary N) is 2. The predicted octanol–water partition coefficient (Wildman–Crippen LogP) is 2.76. The number of hydrogen-bond acceptors (Lipinski definition) is 12. The van der Waals surface area contributed by atoms with Gasteiger partial charge < -0.3 is 30.9 Å². The van der Waals surface area contributed by atoms with Crippen molar-refractivity contribution < 1.29 is 23.4 Å². The van der Waals surface area contributed by atoms with E-state index in [-0.39, 0.29) is 37.0 Å². The summed E-state index contributed by atoms with van der Waals surface area (Å²) in [5, 5.41) is 5.54. The number of hydrogen-bond donors (Lipinski definition) is 4. The van der Waals surface area contributed by atoms with Crippen molar-refractivity contribution in [2.75, 3.05) is 42.7 Å². The molecule has 4 rings (SSSR count). The Labute approximate surface area is 248 Å². The third-order valence-electron chi connectivity index (χ3n) is 6.19. The molecule has 0 aliphatic rings. The zero-order valence-corrected chi connectivity index (χ0v) is 25.0. The molecule has 14 nitrogen and oxygen atoms in total. The second-order valence-electron chi connectivity index (χ2n) is 9.56. The number of rotatable bonds is 13. The van der Waals surface area contributed by atoms with Crippen molar-refractivity contribution in [3.8, 4) is 5.75 Å². The van der Waals surface area contributed by atoms with Gasteiger partial charge in [0, 0.05) is 24.8 Å². The number of nitrogens with zero attached hydrogens (tertiary/aromatic N) is 5. The van der Waals surface area contributed by atoms with E-state index < -0.39 is 19.5 Å². The van der Waals surface area contributed by atoms with Gasteiger partial charge in [0.15, 0.2) is 17.0 Å². The van der Waals surface area contributed by atoms with Crippen molar-refractivity contribution in [2.24, 2.45) is 0 Å². The molecule has 0 bridgehead atoms. The summed E-state index contributed by atoms with van der Waals surface area (Å²) in [5.41, 5.74) is 14.1. The zero-order valence-electron chi connectivity index (χ0n) is 24.1. The predicted molar refractivity (Wildman–Crippen MR) is 164 cm³/mol. The fourth-order valence-electron chi connectivity index (χ4n) is 4.08. The van der Waals surface area contributed by atoms with E-state index in [4.69, 9.17) is 20.7 Å². The Morgan fingerprint density at radius 3 is 2.47 bits per heavy atom. The monoisotopic (exact) mass is 607 g/mol. The fourth-order valence-corrected chi connectivity index (χ4v) is 5.92. The topological polar surface area (TPSA) is 201 Å². The number of nitrogen functional groups attached to an aromatic ring is 2. The quantitative estimate of drug-likeness (QED) is 0.128. The molecule has 2 heterocycles. The first-order valence-corrected chi connectivity index (χ1v) is 15.3. The normalized spacial score (nSPS) is 13.1. The number of ether oxygens (including phenoxy) is 1. The fraction of sp³-hybridized carbons (Fsp3) is 0.286. The van der Waals surface area contributed by atoms with Gasteiger partial charge in [0.05, 0.1) is 31.2 Å². The van der Waals surface area contributed by atoms with Crippen molar-refractivity contribution in [3.05, 3.63) is 72.1 Å². The molecular weight excluding hydrogens is 573 g/mol. The molecule has 0 fully saturated rings. The highest BCUT2D eigenvalue weighted by Crippen LogP contribution is 2.43. The summed E-state index contributed by atoms with van der Waals surface area (Å²) in [7, 11) is -1.73. The minimum absolute atomic E-state index is 0.0306. The highest BCUT2D eigenvalue weighted by molar-refractivity contribution is 7.57. The summed E-state index contributed by atoms with van der Waals surface area (Å²) < 4.78 is 24.4. The number of carbonyl (C=O) groups excluding carboxylic acids is 2. The largest absolute Gasteiger partial charge is 0.465 e. The SMILES string of the molecule is CCOC(=O)C(C)NP(=O)(CCNC(=O)c1ccc(N(C)Cc2cnc3nc(N)nc(N)c3n2)cc1)Oc1ccccc1. The van der Waals surface area contributed by atoms with Gasteiger partial charge in [0.25, 0.3) is 5.91 Å². The van der Waals surface area contributed by atoms with Gasteiger partial charge in [0.2, 0.25) is 5.95 Å². The smallest absolute Gasteiger partial charge is 0.323 e. The maximum Gasteiger partial charge on any atom is 0.323 e. The first-order chi connectivity index (χ1) is 20.6. The molecule has 15 heteroatoms. The van der Waals surface area contributed by atoms with Crippen LogP contribution >= 0.6 is 7.52 Å². The summed E-state index contributed by atoms with van der Waals surface area (Å²) in [6.07, 6.45) is 1.53. The van der Waals surface area contributed by atoms with Crippen LogP contribution in [-0.4, -0.2) is 64.2 Å². The molecule has 0 aliphatic heterocycles. The first kappa shape index (κ1) is 31.1. The molecule has 0 spiro atoms. The molecule has 6 N–H and O–H groups in total. The number of carbonyl (C=O) groups is 2. The number of para-hydroxylation sites is 1. The summed E-state index contributed by atoms with van der Waals surface area (Å²) in [6.45, 7) is 3.87. The van der Waals surface area contributed by atoms with Crippen LogP contribution in [-0.2, 0) is 20.6 Å². The van der Waals surface area contributed by atoms with Crippen molar-refractivity contribution >= 4 is 48.0 Å². The minimum atomic E-state index is -3.60. The second-order valence-corrected chi connectivity index (χ2v) is 11.8. The Kier molecular flexibility index (Phi) is 10.1. The number of benzene rings is 2. The molecule has 2 atom stereocenters. The number of amides is 1. The van der Waals surface area contributed by atoms with Crippen LogP contribution in [0.15, 0.2) is 60.8 Å². The van der Waals surface area contributed by atoms with Crippen LogP contribution < -0.4 is 31.3 Å². The minimum Gasteiger partial charge on any atom is -0.465 e. The van der Waals surface area contributed by atoms with Crippen molar-refractivity contribution in [2.45, 2.75) is 26.4 Å². The van der Waals surface area contributed by atoms with Gasteiger partial charge in [-0.15, -0.1) is 0 Å². The van der Waals surface area contributed by atoms with Gasteiger partial charge in [-0.25, -0.2) is 15.1 Å². The number of esters is 1. The number of nitrogens with one attached hydrogen (secondary N) is 2. The van der Waals surface area contributed by atoms with Crippen molar-refractivity contribution in [1.82, 2.24) is 30.3 Å². The third kappa shape index (κ3) is 8.37. The highest BCUT2D eigenvalue weighted by atomic mass is 31.2. The summed E-state index contributed by atoms with van der Waals surface area (Å²) in [5.74, 6) is -0.347. The molecule has 2 aromatic carbocycles. The van der Waals surface area contributed by atoms with E-state index in [0.717, 1.165) is 5.69 Å². The summed E-state index contributed by atoms with van der Waals surface area (Å²) >= 11 is 0. The van der Waals surface area contributed by atoms with Crippen molar-refractivity contribution in [3.63, 3.8) is 0 Å². The molecule has 2 aromatic heterocycles. The lowest BCUT2D eigenvalue weighted by Gasteiger charge is -2.23. The van der Waals surface area contributed by atoms with Gasteiger partial charge in [-0.3, -0.25) is 14.2 Å². The lowest BCUT2D eigenvalue weighted by atomic mass is 10.2. The molecule has 1 amide bonds. The van der Waals surface area contributed by atoms with E-state index in [9.17, 15) is 14.2 Å². The Balaban J connectivity index is 1.36. The van der Waals surface area contributed by atoms with E-state index in [1.807, 2.05) is 11.9 Å². The van der Waals surface area contributed by atoms with Crippen LogP contribution in [0.25, 0.3) is 11.2 Å². The van der Waals surface area contributed by atoms with Crippen molar-refractivity contribution in [1.29, 1.82) is 0 Å².